The van der Waals surface area contributed by atoms with Crippen LogP contribution < -0.4 is 10.1 Å². The molecule has 0 radical (unpaired) electrons. The number of carbonyl (C=O) groups is 1. The van der Waals surface area contributed by atoms with Crippen molar-refractivity contribution in [2.24, 2.45) is 0 Å². The predicted molar refractivity (Wildman–Crippen MR) is 103 cm³/mol. The molecule has 1 amide bonds. The van der Waals surface area contributed by atoms with Crippen molar-refractivity contribution in [3.05, 3.63) is 59.7 Å². The number of carbonyl (C=O) groups excluding carboxylic acids is 1. The summed E-state index contributed by atoms with van der Waals surface area (Å²) in [7, 11) is 1.97. The van der Waals surface area contributed by atoms with Crippen molar-refractivity contribution in [3.8, 4) is 5.75 Å². The molecule has 0 saturated carbocycles. The third-order valence-electron chi connectivity index (χ3n) is 4.45. The van der Waals surface area contributed by atoms with E-state index in [4.69, 9.17) is 4.74 Å². The highest BCUT2D eigenvalue weighted by Gasteiger charge is 2.18. The lowest BCUT2D eigenvalue weighted by Gasteiger charge is -2.24. The van der Waals surface area contributed by atoms with Crippen LogP contribution in [0.5, 0.6) is 5.75 Å². The number of hydrogen-bond donors (Lipinski definition) is 1. The quantitative estimate of drug-likeness (QED) is 0.738. The van der Waals surface area contributed by atoms with E-state index in [2.05, 4.69) is 10.2 Å². The smallest absolute Gasteiger partial charge is 0.241 e. The summed E-state index contributed by atoms with van der Waals surface area (Å²) >= 11 is 0. The molecule has 1 N–H and O–H groups in total. The van der Waals surface area contributed by atoms with E-state index >= 15 is 0 Å². The minimum absolute atomic E-state index is 0.0108. The Morgan fingerprint density at radius 1 is 1.08 bits per heavy atom. The van der Waals surface area contributed by atoms with Gasteiger partial charge >= 0.3 is 0 Å². The Morgan fingerprint density at radius 3 is 2.40 bits per heavy atom. The second-order valence-corrected chi connectivity index (χ2v) is 6.43. The Hall–Kier alpha value is -2.33. The van der Waals surface area contributed by atoms with Crippen molar-refractivity contribution < 1.29 is 9.53 Å². The molecule has 0 aliphatic heterocycles. The fraction of sp³-hybridized carbons (Fsp3) is 0.381. The number of anilines is 1. The molecular formula is C21H28N2O2. The number of rotatable bonds is 8. The standard InChI is InChI=1S/C21H28N2O2/c1-16-10-5-7-12-19(16)22-21(24)18(3)23(4)14-9-15-25-20-13-8-6-11-17(20)2/h5-8,10-13,18H,9,14-15H2,1-4H3,(H,22,24). The molecule has 1 unspecified atom stereocenters. The summed E-state index contributed by atoms with van der Waals surface area (Å²) in [5.74, 6) is 0.937. The van der Waals surface area contributed by atoms with Crippen LogP contribution in [0.2, 0.25) is 0 Å². The maximum Gasteiger partial charge on any atom is 0.241 e. The van der Waals surface area contributed by atoms with Crippen LogP contribution in [0, 0.1) is 13.8 Å². The van der Waals surface area contributed by atoms with Gasteiger partial charge in [-0.3, -0.25) is 9.69 Å². The first-order chi connectivity index (χ1) is 12.0. The highest BCUT2D eigenvalue weighted by molar-refractivity contribution is 5.95. The van der Waals surface area contributed by atoms with E-state index in [1.165, 1.54) is 0 Å². The summed E-state index contributed by atoms with van der Waals surface area (Å²) < 4.78 is 5.81. The maximum atomic E-state index is 12.4. The molecule has 0 saturated heterocycles. The number of ether oxygens (including phenoxy) is 1. The number of amides is 1. The Morgan fingerprint density at radius 2 is 1.72 bits per heavy atom. The van der Waals surface area contributed by atoms with Gasteiger partial charge in [0.25, 0.3) is 0 Å². The van der Waals surface area contributed by atoms with Crippen molar-refractivity contribution in [3.63, 3.8) is 0 Å². The Kier molecular flexibility index (Phi) is 7.02. The molecular weight excluding hydrogens is 312 g/mol. The molecule has 25 heavy (non-hydrogen) atoms. The van der Waals surface area contributed by atoms with Crippen molar-refractivity contribution in [1.82, 2.24) is 4.90 Å². The van der Waals surface area contributed by atoms with Gasteiger partial charge in [0.15, 0.2) is 0 Å². The summed E-state index contributed by atoms with van der Waals surface area (Å²) in [6, 6.07) is 15.6. The number of nitrogens with one attached hydrogen (secondary N) is 1. The lowest BCUT2D eigenvalue weighted by molar-refractivity contribution is -0.120. The molecule has 4 nitrogen and oxygen atoms in total. The van der Waals surface area contributed by atoms with Crippen molar-refractivity contribution in [2.45, 2.75) is 33.2 Å². The molecule has 0 aromatic heterocycles. The van der Waals surface area contributed by atoms with Gasteiger partial charge in [0, 0.05) is 12.2 Å². The Bertz CT molecular complexity index is 700. The van der Waals surface area contributed by atoms with Gasteiger partial charge in [0.1, 0.15) is 5.75 Å². The molecule has 0 fully saturated rings. The van der Waals surface area contributed by atoms with Crippen LogP contribution >= 0.6 is 0 Å². The van der Waals surface area contributed by atoms with Gasteiger partial charge in [-0.15, -0.1) is 0 Å². The molecule has 4 heteroatoms. The first-order valence-corrected chi connectivity index (χ1v) is 8.74. The van der Waals surface area contributed by atoms with Gasteiger partial charge in [0.2, 0.25) is 5.91 Å². The SMILES string of the molecule is Cc1ccccc1NC(=O)C(C)N(C)CCCOc1ccccc1C. The van der Waals surface area contributed by atoms with Gasteiger partial charge in [0.05, 0.1) is 12.6 Å². The fourth-order valence-electron chi connectivity index (χ4n) is 2.56. The molecule has 1 atom stereocenters. The van der Waals surface area contributed by atoms with Crippen LogP contribution in [0.1, 0.15) is 24.5 Å². The summed E-state index contributed by atoms with van der Waals surface area (Å²) in [6.45, 7) is 7.40. The van der Waals surface area contributed by atoms with Crippen LogP contribution in [-0.4, -0.2) is 37.0 Å². The fourth-order valence-corrected chi connectivity index (χ4v) is 2.56. The summed E-state index contributed by atoms with van der Waals surface area (Å²) in [5.41, 5.74) is 3.08. The van der Waals surface area contributed by atoms with Gasteiger partial charge in [-0.05, 0) is 57.5 Å². The maximum absolute atomic E-state index is 12.4. The average molecular weight is 340 g/mol. The highest BCUT2D eigenvalue weighted by atomic mass is 16.5. The van der Waals surface area contributed by atoms with Gasteiger partial charge < -0.3 is 10.1 Å². The topological polar surface area (TPSA) is 41.6 Å². The van der Waals surface area contributed by atoms with Crippen LogP contribution in [0.25, 0.3) is 0 Å². The number of nitrogens with zero attached hydrogens (tertiary/aromatic N) is 1. The van der Waals surface area contributed by atoms with Crippen molar-refractivity contribution in [1.29, 1.82) is 0 Å². The molecule has 0 aliphatic rings. The number of aryl methyl sites for hydroxylation is 2. The third-order valence-corrected chi connectivity index (χ3v) is 4.45. The zero-order valence-corrected chi connectivity index (χ0v) is 15.6. The monoisotopic (exact) mass is 340 g/mol. The van der Waals surface area contributed by atoms with Crippen molar-refractivity contribution >= 4 is 11.6 Å². The molecule has 2 rings (SSSR count). The summed E-state index contributed by atoms with van der Waals surface area (Å²) in [5, 5.41) is 3.00. The van der Waals surface area contributed by atoms with E-state index in [1.54, 1.807) is 0 Å². The molecule has 2 aromatic rings. The Labute approximate surface area is 150 Å². The lowest BCUT2D eigenvalue weighted by atomic mass is 10.2. The molecule has 2 aromatic carbocycles. The molecule has 134 valence electrons. The van der Waals surface area contributed by atoms with Crippen molar-refractivity contribution in [2.75, 3.05) is 25.5 Å². The first-order valence-electron chi connectivity index (χ1n) is 8.74. The van der Waals surface area contributed by atoms with E-state index in [0.717, 1.165) is 35.5 Å². The van der Waals surface area contributed by atoms with E-state index in [1.807, 2.05) is 76.3 Å². The van der Waals surface area contributed by atoms with Gasteiger partial charge in [-0.2, -0.15) is 0 Å². The van der Waals surface area contributed by atoms with Crippen LogP contribution in [0.4, 0.5) is 5.69 Å². The first kappa shape index (κ1) is 19.0. The second kappa shape index (κ2) is 9.23. The molecule has 0 bridgehead atoms. The van der Waals surface area contributed by atoms with Gasteiger partial charge in [-0.1, -0.05) is 36.4 Å². The van der Waals surface area contributed by atoms with Crippen LogP contribution in [0.15, 0.2) is 48.5 Å². The predicted octanol–water partition coefficient (Wildman–Crippen LogP) is 4.03. The van der Waals surface area contributed by atoms with E-state index in [-0.39, 0.29) is 11.9 Å². The number of likely N-dealkylation sites (N-methyl/N-ethyl adjacent to an activating group) is 1. The molecule has 0 aliphatic carbocycles. The largest absolute Gasteiger partial charge is 0.493 e. The second-order valence-electron chi connectivity index (χ2n) is 6.43. The average Bonchev–Trinajstić information content (AvgIpc) is 2.61. The number of para-hydroxylation sites is 2. The van der Waals surface area contributed by atoms with Crippen LogP contribution in [-0.2, 0) is 4.79 Å². The number of hydrogen-bond acceptors (Lipinski definition) is 3. The van der Waals surface area contributed by atoms with E-state index in [9.17, 15) is 4.79 Å². The minimum atomic E-state index is -0.196. The summed E-state index contributed by atoms with van der Waals surface area (Å²) in [6.07, 6.45) is 0.868. The zero-order valence-electron chi connectivity index (χ0n) is 15.6. The number of benzene rings is 2. The molecule has 0 heterocycles. The Balaban J connectivity index is 1.76. The van der Waals surface area contributed by atoms with Crippen LogP contribution in [0.3, 0.4) is 0 Å². The minimum Gasteiger partial charge on any atom is -0.493 e. The highest BCUT2D eigenvalue weighted by Crippen LogP contribution is 2.16. The lowest BCUT2D eigenvalue weighted by Crippen LogP contribution is -2.40. The third kappa shape index (κ3) is 5.61. The summed E-state index contributed by atoms with van der Waals surface area (Å²) in [4.78, 5) is 14.5. The van der Waals surface area contributed by atoms with Gasteiger partial charge in [-0.25, -0.2) is 0 Å². The molecule has 0 spiro atoms. The van der Waals surface area contributed by atoms with E-state index in [0.29, 0.717) is 6.61 Å². The normalized spacial score (nSPS) is 12.0. The van der Waals surface area contributed by atoms with E-state index < -0.39 is 0 Å². The zero-order chi connectivity index (χ0) is 18.2.